The number of carbonyl (C=O) groups excluding carboxylic acids is 2. The first-order valence-electron chi connectivity index (χ1n) is 8.69. The van der Waals surface area contributed by atoms with E-state index in [-0.39, 0.29) is 17.9 Å². The van der Waals surface area contributed by atoms with Gasteiger partial charge in [0.15, 0.2) is 5.60 Å². The maximum atomic E-state index is 12.7. The Balaban J connectivity index is 1.66. The van der Waals surface area contributed by atoms with E-state index in [1.54, 1.807) is 16.8 Å². The van der Waals surface area contributed by atoms with E-state index in [2.05, 4.69) is 5.16 Å². The van der Waals surface area contributed by atoms with Crippen LogP contribution in [-0.2, 0) is 9.63 Å². The molecule has 0 unspecified atom stereocenters. The van der Waals surface area contributed by atoms with Crippen LogP contribution in [0.25, 0.3) is 0 Å². The van der Waals surface area contributed by atoms with Crippen LogP contribution >= 0.6 is 0 Å². The zero-order valence-electron chi connectivity index (χ0n) is 15.3. The molecule has 1 saturated heterocycles. The maximum absolute atomic E-state index is 12.7. The highest BCUT2D eigenvalue weighted by Crippen LogP contribution is 2.35. The minimum absolute atomic E-state index is 0.00301. The molecule has 134 valence electrons. The van der Waals surface area contributed by atoms with Gasteiger partial charge in [0.05, 0.1) is 6.54 Å². The van der Waals surface area contributed by atoms with Crippen LogP contribution in [-0.4, -0.2) is 59.1 Å². The highest BCUT2D eigenvalue weighted by molar-refractivity contribution is 6.39. The van der Waals surface area contributed by atoms with E-state index in [0.717, 1.165) is 5.56 Å². The van der Waals surface area contributed by atoms with Gasteiger partial charge in [0.2, 0.25) is 0 Å². The highest BCUT2D eigenvalue weighted by atomic mass is 16.7. The monoisotopic (exact) mass is 343 g/mol. The van der Waals surface area contributed by atoms with E-state index >= 15 is 0 Å². The summed E-state index contributed by atoms with van der Waals surface area (Å²) in [6.45, 7) is 6.97. The number of hydrogen-bond donors (Lipinski definition) is 0. The maximum Gasteiger partial charge on any atom is 0.271 e. The standard InChI is InChI=1S/C19H25N3O3/c1-13(2)21(4)18(24)16-11-19(25-20-16)8-9-22(12-19)17(23)15-7-5-6-14(3)10-15/h5-7,10,13H,8-9,11-12H2,1-4H3/t19-/m0/s1. The molecule has 1 atom stereocenters. The largest absolute Gasteiger partial charge is 0.386 e. The Bertz CT molecular complexity index is 728. The molecule has 2 aliphatic rings. The molecule has 1 aromatic rings. The SMILES string of the molecule is Cc1cccc(C(=O)N2CC[C@]3(CC(C(=O)N(C)C(C)C)=NO3)C2)c1. The van der Waals surface area contributed by atoms with Crippen molar-refractivity contribution >= 4 is 17.5 Å². The Morgan fingerprint density at radius 1 is 1.36 bits per heavy atom. The molecular formula is C19H25N3O3. The molecule has 6 nitrogen and oxygen atoms in total. The third-order valence-electron chi connectivity index (χ3n) is 5.05. The number of benzene rings is 1. The van der Waals surface area contributed by atoms with Crippen LogP contribution in [0.3, 0.4) is 0 Å². The van der Waals surface area contributed by atoms with Gasteiger partial charge in [0.25, 0.3) is 11.8 Å². The summed E-state index contributed by atoms with van der Waals surface area (Å²) in [7, 11) is 1.77. The van der Waals surface area contributed by atoms with Gasteiger partial charge in [-0.1, -0.05) is 22.9 Å². The Kier molecular flexibility index (Phi) is 4.54. The van der Waals surface area contributed by atoms with Crippen molar-refractivity contribution in [2.45, 2.75) is 45.3 Å². The Labute approximate surface area is 148 Å². The van der Waals surface area contributed by atoms with Crippen molar-refractivity contribution in [1.29, 1.82) is 0 Å². The first kappa shape index (κ1) is 17.5. The Hall–Kier alpha value is -2.37. The van der Waals surface area contributed by atoms with Crippen LogP contribution in [0.15, 0.2) is 29.4 Å². The lowest BCUT2D eigenvalue weighted by Crippen LogP contribution is -2.40. The summed E-state index contributed by atoms with van der Waals surface area (Å²) in [5, 5.41) is 4.04. The molecule has 2 amide bonds. The lowest BCUT2D eigenvalue weighted by molar-refractivity contribution is -0.124. The van der Waals surface area contributed by atoms with E-state index < -0.39 is 5.60 Å². The molecule has 6 heteroatoms. The van der Waals surface area contributed by atoms with Crippen molar-refractivity contribution in [2.24, 2.45) is 5.16 Å². The van der Waals surface area contributed by atoms with Crippen LogP contribution in [0.2, 0.25) is 0 Å². The number of rotatable bonds is 3. The third-order valence-corrected chi connectivity index (χ3v) is 5.05. The van der Waals surface area contributed by atoms with Gasteiger partial charge in [0.1, 0.15) is 5.71 Å². The molecule has 25 heavy (non-hydrogen) atoms. The summed E-state index contributed by atoms with van der Waals surface area (Å²) in [6, 6.07) is 7.70. The molecule has 0 aliphatic carbocycles. The van der Waals surface area contributed by atoms with Crippen LogP contribution in [0.4, 0.5) is 0 Å². The summed E-state index contributed by atoms with van der Waals surface area (Å²) in [5.41, 5.74) is 1.64. The van der Waals surface area contributed by atoms with Gasteiger partial charge < -0.3 is 14.6 Å². The summed E-state index contributed by atoms with van der Waals surface area (Å²) in [6.07, 6.45) is 1.15. The van der Waals surface area contributed by atoms with Crippen molar-refractivity contribution < 1.29 is 14.4 Å². The van der Waals surface area contributed by atoms with Gasteiger partial charge in [-0.15, -0.1) is 0 Å². The second-order valence-electron chi connectivity index (χ2n) is 7.35. The average molecular weight is 343 g/mol. The van der Waals surface area contributed by atoms with Gasteiger partial charge in [-0.25, -0.2) is 0 Å². The second-order valence-corrected chi connectivity index (χ2v) is 7.35. The topological polar surface area (TPSA) is 62.2 Å². The first-order valence-corrected chi connectivity index (χ1v) is 8.69. The van der Waals surface area contributed by atoms with Crippen molar-refractivity contribution in [1.82, 2.24) is 9.80 Å². The van der Waals surface area contributed by atoms with Gasteiger partial charge in [0, 0.05) is 38.0 Å². The number of nitrogens with zero attached hydrogens (tertiary/aromatic N) is 3. The predicted octanol–water partition coefficient (Wildman–Crippen LogP) is 2.22. The van der Waals surface area contributed by atoms with E-state index in [1.165, 1.54) is 0 Å². The van der Waals surface area contributed by atoms with Gasteiger partial charge in [-0.3, -0.25) is 9.59 Å². The van der Waals surface area contributed by atoms with Crippen molar-refractivity contribution in [2.75, 3.05) is 20.1 Å². The third kappa shape index (κ3) is 3.38. The minimum atomic E-state index is -0.553. The number of likely N-dealkylation sites (tertiary alicyclic amines) is 1. The smallest absolute Gasteiger partial charge is 0.271 e. The van der Waals surface area contributed by atoms with Crippen LogP contribution < -0.4 is 0 Å². The van der Waals surface area contributed by atoms with Crippen molar-refractivity contribution in [3.8, 4) is 0 Å². The van der Waals surface area contributed by atoms with Crippen molar-refractivity contribution in [3.63, 3.8) is 0 Å². The lowest BCUT2D eigenvalue weighted by Gasteiger charge is -2.23. The molecule has 1 fully saturated rings. The molecule has 1 aromatic carbocycles. The van der Waals surface area contributed by atoms with E-state index in [0.29, 0.717) is 37.2 Å². The van der Waals surface area contributed by atoms with Gasteiger partial charge in [-0.05, 0) is 32.9 Å². The zero-order chi connectivity index (χ0) is 18.2. The minimum Gasteiger partial charge on any atom is -0.386 e. The molecule has 0 saturated carbocycles. The molecular weight excluding hydrogens is 318 g/mol. The van der Waals surface area contributed by atoms with E-state index in [4.69, 9.17) is 4.84 Å². The van der Waals surface area contributed by atoms with E-state index in [9.17, 15) is 9.59 Å². The predicted molar refractivity (Wildman–Crippen MR) is 95.5 cm³/mol. The van der Waals surface area contributed by atoms with Crippen LogP contribution in [0.1, 0.15) is 42.6 Å². The molecule has 0 N–H and O–H groups in total. The zero-order valence-corrected chi connectivity index (χ0v) is 15.3. The fourth-order valence-corrected chi connectivity index (χ4v) is 3.27. The molecule has 1 spiro atoms. The normalized spacial score (nSPS) is 22.3. The summed E-state index contributed by atoms with van der Waals surface area (Å²) in [4.78, 5) is 34.3. The average Bonchev–Trinajstić information content (AvgIpc) is 3.20. The highest BCUT2D eigenvalue weighted by Gasteiger charge is 2.48. The lowest BCUT2D eigenvalue weighted by atomic mass is 9.96. The molecule has 2 aliphatic heterocycles. The molecule has 0 radical (unpaired) electrons. The molecule has 0 aromatic heterocycles. The number of amides is 2. The summed E-state index contributed by atoms with van der Waals surface area (Å²) < 4.78 is 0. The second kappa shape index (κ2) is 6.50. The van der Waals surface area contributed by atoms with Gasteiger partial charge in [-0.2, -0.15) is 0 Å². The van der Waals surface area contributed by atoms with Crippen LogP contribution in [0.5, 0.6) is 0 Å². The van der Waals surface area contributed by atoms with Gasteiger partial charge >= 0.3 is 0 Å². The number of oxime groups is 1. The van der Waals surface area contributed by atoms with Crippen LogP contribution in [0, 0.1) is 6.92 Å². The number of aryl methyl sites for hydroxylation is 1. The Morgan fingerprint density at radius 3 is 2.80 bits per heavy atom. The molecule has 0 bridgehead atoms. The summed E-state index contributed by atoms with van der Waals surface area (Å²) >= 11 is 0. The molecule has 3 rings (SSSR count). The number of hydrogen-bond acceptors (Lipinski definition) is 4. The fourth-order valence-electron chi connectivity index (χ4n) is 3.27. The number of carbonyl (C=O) groups is 2. The summed E-state index contributed by atoms with van der Waals surface area (Å²) in [5.74, 6) is -0.0985. The quantitative estimate of drug-likeness (QED) is 0.845. The fraction of sp³-hybridized carbons (Fsp3) is 0.526. The molecule has 2 heterocycles. The Morgan fingerprint density at radius 2 is 2.12 bits per heavy atom. The van der Waals surface area contributed by atoms with Crippen molar-refractivity contribution in [3.05, 3.63) is 35.4 Å². The first-order chi connectivity index (χ1) is 11.8. The van der Waals surface area contributed by atoms with E-state index in [1.807, 2.05) is 45.0 Å².